The molecule has 1 aliphatic carbocycles. The molecule has 0 spiro atoms. The number of halogens is 2. The van der Waals surface area contributed by atoms with Gasteiger partial charge in [0, 0.05) is 30.8 Å². The number of aliphatic hydroxyl groups is 1. The number of aliphatic hydroxyl groups excluding tert-OH is 1. The minimum absolute atomic E-state index is 0.00133. The first-order valence-electron chi connectivity index (χ1n) is 12.8. The van der Waals surface area contributed by atoms with Gasteiger partial charge in [0.25, 0.3) is 5.78 Å². The van der Waals surface area contributed by atoms with Gasteiger partial charge in [0.2, 0.25) is 0 Å². The van der Waals surface area contributed by atoms with Crippen molar-refractivity contribution in [3.05, 3.63) is 70.5 Å². The van der Waals surface area contributed by atoms with Crippen LogP contribution in [0.1, 0.15) is 69.3 Å². The second-order valence-electron chi connectivity index (χ2n) is 10.8. The lowest BCUT2D eigenvalue weighted by Crippen LogP contribution is -2.46. The number of fused-ring (bicyclic) bond motifs is 1. The van der Waals surface area contributed by atoms with E-state index in [9.17, 15) is 23.9 Å². The third-order valence-electron chi connectivity index (χ3n) is 7.80. The van der Waals surface area contributed by atoms with Crippen LogP contribution in [0.25, 0.3) is 5.78 Å². The Morgan fingerprint density at radius 1 is 1.26 bits per heavy atom. The van der Waals surface area contributed by atoms with Crippen LogP contribution in [-0.4, -0.2) is 36.3 Å². The van der Waals surface area contributed by atoms with Crippen LogP contribution < -0.4 is 0 Å². The van der Waals surface area contributed by atoms with Gasteiger partial charge < -0.3 is 9.84 Å². The van der Waals surface area contributed by atoms with Gasteiger partial charge in [0.15, 0.2) is 5.82 Å². The van der Waals surface area contributed by atoms with Crippen molar-refractivity contribution in [2.45, 2.75) is 76.2 Å². The predicted molar refractivity (Wildman–Crippen MR) is 133 cm³/mol. The Morgan fingerprint density at radius 3 is 2.61 bits per heavy atom. The number of hydrogen-bond donors (Lipinski definition) is 1. The molecule has 1 aromatic carbocycles. The van der Waals surface area contributed by atoms with Gasteiger partial charge in [-0.05, 0) is 69.2 Å². The first kappa shape index (κ1) is 25.8. The molecule has 2 aromatic heterocycles. The molecule has 1 saturated carbocycles. The Hall–Kier alpha value is -3.87. The maximum absolute atomic E-state index is 14.9. The quantitative estimate of drug-likeness (QED) is 0.432. The number of ether oxygens (including phenoxy) is 1. The summed E-state index contributed by atoms with van der Waals surface area (Å²) in [5.74, 6) is -1.50. The van der Waals surface area contributed by atoms with Gasteiger partial charge >= 0.3 is 5.97 Å². The fourth-order valence-electron chi connectivity index (χ4n) is 5.78. The highest BCUT2D eigenvalue weighted by molar-refractivity contribution is 5.90. The minimum atomic E-state index is -1.31. The Kier molecular flexibility index (Phi) is 6.63. The van der Waals surface area contributed by atoms with Gasteiger partial charge in [-0.15, -0.1) is 5.10 Å². The molecule has 3 heterocycles. The molecule has 1 aliphatic heterocycles. The van der Waals surface area contributed by atoms with Crippen LogP contribution in [-0.2, 0) is 27.8 Å². The number of hydrogen-bond acceptors (Lipinski definition) is 7. The van der Waals surface area contributed by atoms with E-state index in [0.717, 1.165) is 25.7 Å². The maximum atomic E-state index is 14.9. The van der Waals surface area contributed by atoms with E-state index in [2.05, 4.69) is 15.1 Å². The minimum Gasteiger partial charge on any atom is -0.512 e. The van der Waals surface area contributed by atoms with Crippen molar-refractivity contribution < 1.29 is 23.4 Å². The van der Waals surface area contributed by atoms with Crippen molar-refractivity contribution in [2.75, 3.05) is 0 Å². The topological polar surface area (TPSA) is 113 Å². The largest absolute Gasteiger partial charge is 0.512 e. The summed E-state index contributed by atoms with van der Waals surface area (Å²) >= 11 is 0. The number of aromatic nitrogens is 4. The number of carbonyl (C=O) groups excluding carboxylic acids is 1. The van der Waals surface area contributed by atoms with Crippen LogP contribution in [0.5, 0.6) is 0 Å². The van der Waals surface area contributed by atoms with E-state index in [1.54, 1.807) is 18.5 Å². The number of rotatable bonds is 7. The molecule has 3 aromatic rings. The molecule has 1 N–H and O–H groups in total. The molecular weight excluding hydrogens is 492 g/mol. The molecule has 1 unspecified atom stereocenters. The standard InChI is InChI=1S/C28H29F2N5O3/c1-27(2,16-31)24-20(29)12-17(13-21(24)30)8-9-28(18-6-3-4-7-18)15-22(36)19(25(37)38-28)14-23-33-26-32-10-5-11-35(26)34-23/h5,10-13,18,36H,3-4,6-9,14-15H2,1-2H3. The van der Waals surface area contributed by atoms with Crippen LogP contribution in [0.3, 0.4) is 0 Å². The summed E-state index contributed by atoms with van der Waals surface area (Å²) in [5, 5.41) is 24.7. The summed E-state index contributed by atoms with van der Waals surface area (Å²) in [6.07, 6.45) is 7.60. The molecule has 1 atom stereocenters. The highest BCUT2D eigenvalue weighted by atomic mass is 19.1. The first-order chi connectivity index (χ1) is 18.1. The Bertz CT molecular complexity index is 1410. The average Bonchev–Trinajstić information content (AvgIpc) is 3.55. The number of nitriles is 1. The van der Waals surface area contributed by atoms with Crippen LogP contribution >= 0.6 is 0 Å². The van der Waals surface area contributed by atoms with E-state index in [1.165, 1.54) is 30.5 Å². The van der Waals surface area contributed by atoms with Gasteiger partial charge in [-0.2, -0.15) is 10.2 Å². The highest BCUT2D eigenvalue weighted by Gasteiger charge is 2.48. The Labute approximate surface area is 219 Å². The molecule has 198 valence electrons. The molecule has 8 nitrogen and oxygen atoms in total. The average molecular weight is 522 g/mol. The summed E-state index contributed by atoms with van der Waals surface area (Å²) in [5.41, 5.74) is -2.04. The number of carbonyl (C=O) groups is 1. The smallest absolute Gasteiger partial charge is 0.338 e. The third-order valence-corrected chi connectivity index (χ3v) is 7.80. The molecular formula is C28H29F2N5O3. The summed E-state index contributed by atoms with van der Waals surface area (Å²) in [6, 6.07) is 6.14. The Balaban J connectivity index is 1.40. The first-order valence-corrected chi connectivity index (χ1v) is 12.8. The third kappa shape index (κ3) is 4.73. The van der Waals surface area contributed by atoms with Crippen molar-refractivity contribution >= 4 is 11.7 Å². The zero-order valence-electron chi connectivity index (χ0n) is 21.4. The van der Waals surface area contributed by atoms with Gasteiger partial charge in [-0.1, -0.05) is 12.8 Å². The number of esters is 1. The molecule has 1 fully saturated rings. The summed E-state index contributed by atoms with van der Waals surface area (Å²) in [6.45, 7) is 2.94. The van der Waals surface area contributed by atoms with E-state index < -0.39 is 28.6 Å². The van der Waals surface area contributed by atoms with Crippen molar-refractivity contribution in [1.82, 2.24) is 19.6 Å². The van der Waals surface area contributed by atoms with E-state index in [0.29, 0.717) is 23.6 Å². The van der Waals surface area contributed by atoms with E-state index in [-0.39, 0.29) is 42.1 Å². The lowest BCUT2D eigenvalue weighted by molar-refractivity contribution is -0.167. The number of cyclic esters (lactones) is 1. The van der Waals surface area contributed by atoms with Crippen molar-refractivity contribution in [3.63, 3.8) is 0 Å². The molecule has 2 aliphatic rings. The van der Waals surface area contributed by atoms with Crippen molar-refractivity contribution in [3.8, 4) is 6.07 Å². The zero-order chi connectivity index (χ0) is 27.1. The zero-order valence-corrected chi connectivity index (χ0v) is 21.4. The van der Waals surface area contributed by atoms with Crippen LogP contribution in [0.15, 0.2) is 41.9 Å². The van der Waals surface area contributed by atoms with E-state index >= 15 is 0 Å². The van der Waals surface area contributed by atoms with Gasteiger partial charge in [-0.25, -0.2) is 23.1 Å². The molecule has 0 radical (unpaired) electrons. The highest BCUT2D eigenvalue weighted by Crippen LogP contribution is 2.46. The van der Waals surface area contributed by atoms with E-state index in [4.69, 9.17) is 4.74 Å². The fraction of sp³-hybridized carbons (Fsp3) is 0.464. The Morgan fingerprint density at radius 2 is 1.97 bits per heavy atom. The maximum Gasteiger partial charge on any atom is 0.338 e. The van der Waals surface area contributed by atoms with Crippen LogP contribution in [0.2, 0.25) is 0 Å². The van der Waals surface area contributed by atoms with Crippen molar-refractivity contribution in [1.29, 1.82) is 5.26 Å². The lowest BCUT2D eigenvalue weighted by Gasteiger charge is -2.41. The second kappa shape index (κ2) is 9.78. The molecule has 0 bridgehead atoms. The SMILES string of the molecule is CC(C)(C#N)c1c(F)cc(CCC2(C3CCCC3)CC(O)=C(Cc3nc4ncccn4n3)C(=O)O2)cc1F. The number of aryl methyl sites for hydroxylation is 1. The van der Waals surface area contributed by atoms with Gasteiger partial charge in [0.05, 0.1) is 17.1 Å². The number of benzene rings is 1. The van der Waals surface area contributed by atoms with Crippen molar-refractivity contribution in [2.24, 2.45) is 5.92 Å². The molecule has 10 heteroatoms. The summed E-state index contributed by atoms with van der Waals surface area (Å²) < 4.78 is 37.3. The van der Waals surface area contributed by atoms with Gasteiger partial charge in [0.1, 0.15) is 23.0 Å². The normalized spacial score (nSPS) is 20.7. The van der Waals surface area contributed by atoms with Gasteiger partial charge in [-0.3, -0.25) is 0 Å². The second-order valence-corrected chi connectivity index (χ2v) is 10.8. The molecule has 5 rings (SSSR count). The summed E-state index contributed by atoms with van der Waals surface area (Å²) in [7, 11) is 0. The monoisotopic (exact) mass is 521 g/mol. The lowest BCUT2D eigenvalue weighted by atomic mass is 9.76. The fourth-order valence-corrected chi connectivity index (χ4v) is 5.78. The number of nitrogens with zero attached hydrogens (tertiary/aromatic N) is 5. The molecule has 0 saturated heterocycles. The summed E-state index contributed by atoms with van der Waals surface area (Å²) in [4.78, 5) is 21.7. The molecule has 38 heavy (non-hydrogen) atoms. The van der Waals surface area contributed by atoms with Crippen LogP contribution in [0, 0.1) is 28.9 Å². The predicted octanol–water partition coefficient (Wildman–Crippen LogP) is 5.07. The molecule has 0 amide bonds. The van der Waals surface area contributed by atoms with E-state index in [1.807, 2.05) is 6.07 Å². The van der Waals surface area contributed by atoms with Crippen LogP contribution in [0.4, 0.5) is 8.78 Å².